The van der Waals surface area contributed by atoms with Crippen LogP contribution in [0.25, 0.3) is 5.70 Å². The van der Waals surface area contributed by atoms with E-state index in [1.54, 1.807) is 18.4 Å². The minimum Gasteiger partial charge on any atom is -0.289 e. The molecular weight excluding hydrogens is 294 g/mol. The molecule has 0 unspecified atom stereocenters. The monoisotopic (exact) mass is 315 g/mol. The average molecular weight is 315 g/mol. The summed E-state index contributed by atoms with van der Waals surface area (Å²) in [6.07, 6.45) is 0.732. The second-order valence-electron chi connectivity index (χ2n) is 4.67. The molecule has 0 saturated carbocycles. The van der Waals surface area contributed by atoms with Gasteiger partial charge in [-0.3, -0.25) is 15.7 Å². The van der Waals surface area contributed by atoms with Crippen LogP contribution in [0.1, 0.15) is 29.9 Å². The summed E-state index contributed by atoms with van der Waals surface area (Å²) in [4.78, 5) is 1.16. The number of anilines is 1. The zero-order valence-electron chi connectivity index (χ0n) is 13.1. The van der Waals surface area contributed by atoms with Gasteiger partial charge in [0.25, 0.3) is 0 Å². The quantitative estimate of drug-likeness (QED) is 0.838. The van der Waals surface area contributed by atoms with Crippen LogP contribution in [0.4, 0.5) is 5.69 Å². The van der Waals surface area contributed by atoms with Gasteiger partial charge < -0.3 is 0 Å². The third-order valence-corrected chi connectivity index (χ3v) is 4.17. The molecule has 2 N–H and O–H groups in total. The molecule has 1 aromatic carbocycles. The normalized spacial score (nSPS) is 12.5. The Labute approximate surface area is 135 Å². The van der Waals surface area contributed by atoms with Gasteiger partial charge in [0.05, 0.1) is 17.1 Å². The number of benzene rings is 1. The van der Waals surface area contributed by atoms with Gasteiger partial charge in [-0.05, 0) is 6.07 Å². The molecule has 0 amide bonds. The lowest BCUT2D eigenvalue weighted by Gasteiger charge is -2.19. The van der Waals surface area contributed by atoms with Crippen LogP contribution in [0.15, 0.2) is 47.4 Å². The van der Waals surface area contributed by atoms with Crippen LogP contribution in [0, 0.1) is 0 Å². The number of hydroxylamine groups is 1. The Morgan fingerprint density at radius 3 is 2.59 bits per heavy atom. The van der Waals surface area contributed by atoms with Gasteiger partial charge in [0.15, 0.2) is 0 Å². The van der Waals surface area contributed by atoms with E-state index in [1.165, 1.54) is 0 Å². The van der Waals surface area contributed by atoms with E-state index in [0.29, 0.717) is 0 Å². The van der Waals surface area contributed by atoms with Crippen LogP contribution < -0.4 is 10.5 Å². The van der Waals surface area contributed by atoms with Gasteiger partial charge in [-0.2, -0.15) is 5.10 Å². The lowest BCUT2D eigenvalue weighted by Crippen LogP contribution is -2.20. The Bertz CT molecular complexity index is 689. The summed E-state index contributed by atoms with van der Waals surface area (Å²) in [7, 11) is 1.62. The third kappa shape index (κ3) is 3.37. The van der Waals surface area contributed by atoms with Crippen LogP contribution in [-0.2, 0) is 6.42 Å². The molecule has 2 heterocycles. The number of hydrogen-bond acceptors (Lipinski definition) is 5. The maximum atomic E-state index is 9.42. The van der Waals surface area contributed by atoms with E-state index in [4.69, 9.17) is 0 Å². The fourth-order valence-corrected chi connectivity index (χ4v) is 3.09. The molecule has 1 aromatic heterocycles. The van der Waals surface area contributed by atoms with Crippen LogP contribution in [-0.4, -0.2) is 18.0 Å². The highest BCUT2D eigenvalue weighted by atomic mass is 32.1. The van der Waals surface area contributed by atoms with Gasteiger partial charge in [0.1, 0.15) is 0 Å². The second kappa shape index (κ2) is 7.24. The predicted octanol–water partition coefficient (Wildman–Crippen LogP) is 4.12. The van der Waals surface area contributed by atoms with Crippen molar-refractivity contribution in [2.24, 2.45) is 5.10 Å². The molecule has 3 rings (SSSR count). The molecular formula is C17H21N3OS. The molecule has 22 heavy (non-hydrogen) atoms. The smallest absolute Gasteiger partial charge is 0.0740 e. The number of fused-ring (bicyclic) bond motifs is 1. The molecule has 0 bridgehead atoms. The van der Waals surface area contributed by atoms with Gasteiger partial charge in [-0.15, -0.1) is 11.3 Å². The van der Waals surface area contributed by atoms with E-state index in [9.17, 15) is 5.21 Å². The molecule has 0 saturated heterocycles. The molecule has 2 aromatic rings. The Morgan fingerprint density at radius 1 is 1.27 bits per heavy atom. The Morgan fingerprint density at radius 2 is 1.95 bits per heavy atom. The van der Waals surface area contributed by atoms with Crippen LogP contribution >= 0.6 is 11.3 Å². The lowest BCUT2D eigenvalue weighted by atomic mass is 9.97. The second-order valence-corrected chi connectivity index (χ2v) is 5.66. The summed E-state index contributed by atoms with van der Waals surface area (Å²) in [6.45, 7) is 7.97. The number of rotatable bonds is 3. The summed E-state index contributed by atoms with van der Waals surface area (Å²) < 4.78 is 0. The molecule has 0 radical (unpaired) electrons. The van der Waals surface area contributed by atoms with Crippen LogP contribution in [0.3, 0.4) is 0 Å². The molecule has 1 aliphatic rings. The maximum Gasteiger partial charge on any atom is 0.0740 e. The highest BCUT2D eigenvalue weighted by Gasteiger charge is 2.17. The zero-order chi connectivity index (χ0) is 16.1. The standard InChI is InChI=1S/C15H15N3OS.C2H6/c1-10-13-5-3-4-6-14(13)15(17-16-10)8-12-7-11(9-20-12)18(2)19;1-2/h3-7,9,16,19H,1,8H2,2H3;1-2H3. The Balaban J connectivity index is 0.000000847. The number of nitrogens with one attached hydrogen (secondary N) is 1. The first-order chi connectivity index (χ1) is 10.6. The van der Waals surface area contributed by atoms with Crippen LogP contribution in [0.5, 0.6) is 0 Å². The molecule has 0 atom stereocenters. The topological polar surface area (TPSA) is 47.9 Å². The summed E-state index contributed by atoms with van der Waals surface area (Å²) in [5.41, 5.74) is 7.79. The number of hydrazone groups is 1. The fraction of sp³-hybridized carbons (Fsp3) is 0.235. The van der Waals surface area contributed by atoms with Gasteiger partial charge in [-0.25, -0.2) is 0 Å². The lowest BCUT2D eigenvalue weighted by molar-refractivity contribution is 0.280. The SMILES string of the molecule is C=C1NN=C(Cc2cc(N(C)O)cs2)c2ccccc21.CC. The summed E-state index contributed by atoms with van der Waals surface area (Å²) >= 11 is 1.61. The predicted molar refractivity (Wildman–Crippen MR) is 94.7 cm³/mol. The van der Waals surface area contributed by atoms with E-state index in [1.807, 2.05) is 43.5 Å². The Hall–Kier alpha value is -2.11. The molecule has 0 aliphatic carbocycles. The average Bonchev–Trinajstić information content (AvgIpc) is 3.01. The third-order valence-electron chi connectivity index (χ3n) is 3.24. The van der Waals surface area contributed by atoms with Gasteiger partial charge in [0.2, 0.25) is 0 Å². The minimum atomic E-state index is 0.732. The van der Waals surface area contributed by atoms with Crippen molar-refractivity contribution in [1.29, 1.82) is 0 Å². The first-order valence-electron chi connectivity index (χ1n) is 7.26. The fourth-order valence-electron chi connectivity index (χ4n) is 2.18. The Kier molecular flexibility index (Phi) is 5.35. The molecule has 0 spiro atoms. The summed E-state index contributed by atoms with van der Waals surface area (Å²) in [6, 6.07) is 10.1. The van der Waals surface area contributed by atoms with Crippen molar-refractivity contribution in [3.63, 3.8) is 0 Å². The van der Waals surface area contributed by atoms with Crippen LogP contribution in [0.2, 0.25) is 0 Å². The largest absolute Gasteiger partial charge is 0.289 e. The molecule has 116 valence electrons. The zero-order valence-corrected chi connectivity index (χ0v) is 13.9. The van der Waals surface area contributed by atoms with E-state index in [-0.39, 0.29) is 0 Å². The highest BCUT2D eigenvalue weighted by Crippen LogP contribution is 2.26. The summed E-state index contributed by atoms with van der Waals surface area (Å²) in [5.74, 6) is 0. The van der Waals surface area contributed by atoms with Crippen molar-refractivity contribution < 1.29 is 5.21 Å². The van der Waals surface area contributed by atoms with Crippen molar-refractivity contribution >= 4 is 28.4 Å². The van der Waals surface area contributed by atoms with Crippen molar-refractivity contribution in [3.05, 3.63) is 58.3 Å². The van der Waals surface area contributed by atoms with Crippen molar-refractivity contribution in [3.8, 4) is 0 Å². The van der Waals surface area contributed by atoms with E-state index in [0.717, 1.165) is 44.6 Å². The molecule has 4 nitrogen and oxygen atoms in total. The molecule has 5 heteroatoms. The van der Waals surface area contributed by atoms with Crippen molar-refractivity contribution in [1.82, 2.24) is 5.43 Å². The highest BCUT2D eigenvalue weighted by molar-refractivity contribution is 7.10. The van der Waals surface area contributed by atoms with Crippen molar-refractivity contribution in [2.75, 3.05) is 12.1 Å². The molecule has 0 fully saturated rings. The first-order valence-corrected chi connectivity index (χ1v) is 8.14. The number of thiophene rings is 1. The van der Waals surface area contributed by atoms with E-state index >= 15 is 0 Å². The number of hydrogen-bond donors (Lipinski definition) is 2. The van der Waals surface area contributed by atoms with Gasteiger partial charge in [0, 0.05) is 34.9 Å². The van der Waals surface area contributed by atoms with Gasteiger partial charge in [-0.1, -0.05) is 44.7 Å². The number of nitrogens with zero attached hydrogens (tertiary/aromatic N) is 2. The molecule has 1 aliphatic heterocycles. The van der Waals surface area contributed by atoms with Gasteiger partial charge >= 0.3 is 0 Å². The minimum absolute atomic E-state index is 0.732. The van der Waals surface area contributed by atoms with E-state index < -0.39 is 0 Å². The maximum absolute atomic E-state index is 9.42. The summed E-state index contributed by atoms with van der Waals surface area (Å²) in [5, 5.41) is 16.9. The van der Waals surface area contributed by atoms with Crippen molar-refractivity contribution in [2.45, 2.75) is 20.3 Å². The first kappa shape index (κ1) is 16.3. The van der Waals surface area contributed by atoms with E-state index in [2.05, 4.69) is 23.2 Å².